The predicted octanol–water partition coefficient (Wildman–Crippen LogP) is 3.56. The number of para-hydroxylation sites is 1. The Morgan fingerprint density at radius 3 is 2.95 bits per heavy atom. The van der Waals surface area contributed by atoms with Crippen LogP contribution < -0.4 is 9.64 Å². The zero-order valence-electron chi connectivity index (χ0n) is 13.8. The zero-order valence-corrected chi connectivity index (χ0v) is 13.8. The van der Waals surface area contributed by atoms with E-state index in [0.29, 0.717) is 0 Å². The Balaban J connectivity index is 2.10. The Labute approximate surface area is 132 Å². The molecule has 1 saturated heterocycles. The minimum atomic E-state index is -0.0827. The number of rotatable bonds is 3. The molecule has 1 aromatic carbocycles. The molecule has 2 aromatic rings. The monoisotopic (exact) mass is 300 g/mol. The van der Waals surface area contributed by atoms with Crippen molar-refractivity contribution < 1.29 is 9.47 Å². The summed E-state index contributed by atoms with van der Waals surface area (Å²) >= 11 is 0. The second kappa shape index (κ2) is 5.76. The molecule has 1 aliphatic rings. The van der Waals surface area contributed by atoms with Crippen molar-refractivity contribution in [3.05, 3.63) is 30.0 Å². The summed E-state index contributed by atoms with van der Waals surface area (Å²) in [5, 5.41) is 1.14. The van der Waals surface area contributed by atoms with Crippen molar-refractivity contribution in [2.75, 3.05) is 31.7 Å². The summed E-state index contributed by atoms with van der Waals surface area (Å²) < 4.78 is 11.5. The van der Waals surface area contributed by atoms with Crippen LogP contribution in [0, 0.1) is 6.92 Å². The number of benzene rings is 1. The highest BCUT2D eigenvalue weighted by atomic mass is 16.5. The number of aromatic nitrogens is 1. The SMILES string of the molecule is CCC1(C)CN(c2cc(C)nc3c(OC)cccc23)CCO1. The third-order valence-electron chi connectivity index (χ3n) is 4.55. The summed E-state index contributed by atoms with van der Waals surface area (Å²) in [7, 11) is 1.70. The number of pyridine rings is 1. The Morgan fingerprint density at radius 1 is 1.41 bits per heavy atom. The maximum absolute atomic E-state index is 5.97. The first-order valence-electron chi connectivity index (χ1n) is 7.89. The van der Waals surface area contributed by atoms with Gasteiger partial charge in [0.1, 0.15) is 11.3 Å². The molecule has 22 heavy (non-hydrogen) atoms. The summed E-state index contributed by atoms with van der Waals surface area (Å²) in [6, 6.07) is 8.29. The van der Waals surface area contributed by atoms with Gasteiger partial charge in [-0.15, -0.1) is 0 Å². The van der Waals surface area contributed by atoms with Gasteiger partial charge in [-0.3, -0.25) is 0 Å². The normalized spacial score (nSPS) is 22.1. The Bertz CT molecular complexity index is 686. The fourth-order valence-electron chi connectivity index (χ4n) is 3.11. The van der Waals surface area contributed by atoms with Gasteiger partial charge in [-0.1, -0.05) is 19.1 Å². The summed E-state index contributed by atoms with van der Waals surface area (Å²) in [5.74, 6) is 0.828. The van der Waals surface area contributed by atoms with Crippen molar-refractivity contribution in [3.8, 4) is 5.75 Å². The van der Waals surface area contributed by atoms with Gasteiger partial charge in [-0.25, -0.2) is 4.98 Å². The van der Waals surface area contributed by atoms with E-state index in [0.717, 1.165) is 48.5 Å². The Morgan fingerprint density at radius 2 is 2.23 bits per heavy atom. The van der Waals surface area contributed by atoms with Crippen LogP contribution in [0.5, 0.6) is 5.75 Å². The number of methoxy groups -OCH3 is 1. The number of ether oxygens (including phenoxy) is 2. The molecule has 0 radical (unpaired) electrons. The second-order valence-corrected chi connectivity index (χ2v) is 6.21. The third-order valence-corrected chi connectivity index (χ3v) is 4.55. The van der Waals surface area contributed by atoms with Gasteiger partial charge in [0, 0.05) is 29.9 Å². The molecule has 4 heteroatoms. The molecule has 1 aliphatic heterocycles. The number of hydrogen-bond donors (Lipinski definition) is 0. The molecule has 0 aliphatic carbocycles. The highest BCUT2D eigenvalue weighted by Gasteiger charge is 2.31. The number of aryl methyl sites for hydroxylation is 1. The lowest BCUT2D eigenvalue weighted by molar-refractivity contribution is -0.0440. The van der Waals surface area contributed by atoms with Gasteiger partial charge in [0.15, 0.2) is 0 Å². The number of morpholine rings is 1. The molecule has 0 spiro atoms. The van der Waals surface area contributed by atoms with Gasteiger partial charge in [0.2, 0.25) is 0 Å². The molecule has 4 nitrogen and oxygen atoms in total. The van der Waals surface area contributed by atoms with Gasteiger partial charge < -0.3 is 14.4 Å². The zero-order chi connectivity index (χ0) is 15.7. The topological polar surface area (TPSA) is 34.6 Å². The average molecular weight is 300 g/mol. The van der Waals surface area contributed by atoms with Gasteiger partial charge in [0.25, 0.3) is 0 Å². The largest absolute Gasteiger partial charge is 0.494 e. The summed E-state index contributed by atoms with van der Waals surface area (Å²) in [5.41, 5.74) is 3.09. The molecule has 0 amide bonds. The first kappa shape index (κ1) is 15.1. The number of nitrogens with zero attached hydrogens (tertiary/aromatic N) is 2. The lowest BCUT2D eigenvalue weighted by atomic mass is 10.00. The molecule has 0 saturated carbocycles. The van der Waals surface area contributed by atoms with Crippen LogP contribution in [-0.2, 0) is 4.74 Å². The average Bonchev–Trinajstić information content (AvgIpc) is 2.53. The highest BCUT2D eigenvalue weighted by molar-refractivity contribution is 5.95. The van der Waals surface area contributed by atoms with E-state index in [4.69, 9.17) is 9.47 Å². The lowest BCUT2D eigenvalue weighted by Gasteiger charge is -2.41. The first-order chi connectivity index (χ1) is 10.6. The van der Waals surface area contributed by atoms with Crippen LogP contribution in [0.3, 0.4) is 0 Å². The van der Waals surface area contributed by atoms with E-state index in [1.165, 1.54) is 5.69 Å². The summed E-state index contributed by atoms with van der Waals surface area (Å²) in [6.45, 7) is 8.98. The maximum Gasteiger partial charge on any atom is 0.145 e. The fourth-order valence-corrected chi connectivity index (χ4v) is 3.11. The molecule has 1 aromatic heterocycles. The summed E-state index contributed by atoms with van der Waals surface area (Å²) in [6.07, 6.45) is 1.01. The van der Waals surface area contributed by atoms with E-state index < -0.39 is 0 Å². The van der Waals surface area contributed by atoms with Crippen molar-refractivity contribution in [2.24, 2.45) is 0 Å². The van der Waals surface area contributed by atoms with E-state index in [9.17, 15) is 0 Å². The van der Waals surface area contributed by atoms with Crippen molar-refractivity contribution >= 4 is 16.6 Å². The van der Waals surface area contributed by atoms with Crippen molar-refractivity contribution in [2.45, 2.75) is 32.8 Å². The van der Waals surface area contributed by atoms with Crippen LogP contribution in [0.15, 0.2) is 24.3 Å². The molecule has 1 unspecified atom stereocenters. The van der Waals surface area contributed by atoms with Crippen LogP contribution in [0.1, 0.15) is 26.0 Å². The Hall–Kier alpha value is -1.81. The quantitative estimate of drug-likeness (QED) is 0.868. The summed E-state index contributed by atoms with van der Waals surface area (Å²) in [4.78, 5) is 7.10. The van der Waals surface area contributed by atoms with E-state index in [-0.39, 0.29) is 5.60 Å². The molecular formula is C18H24N2O2. The molecular weight excluding hydrogens is 276 g/mol. The van der Waals surface area contributed by atoms with E-state index in [1.54, 1.807) is 7.11 Å². The third kappa shape index (κ3) is 2.63. The fraction of sp³-hybridized carbons (Fsp3) is 0.500. The first-order valence-corrected chi connectivity index (χ1v) is 7.89. The number of hydrogen-bond acceptors (Lipinski definition) is 4. The number of fused-ring (bicyclic) bond motifs is 1. The minimum absolute atomic E-state index is 0.0827. The van der Waals surface area contributed by atoms with E-state index in [2.05, 4.69) is 35.9 Å². The smallest absolute Gasteiger partial charge is 0.145 e. The van der Waals surface area contributed by atoms with Crippen molar-refractivity contribution in [3.63, 3.8) is 0 Å². The molecule has 3 rings (SSSR count). The lowest BCUT2D eigenvalue weighted by Crippen LogP contribution is -2.50. The van der Waals surface area contributed by atoms with E-state index in [1.807, 2.05) is 19.1 Å². The minimum Gasteiger partial charge on any atom is -0.494 e. The van der Waals surface area contributed by atoms with Gasteiger partial charge in [-0.05, 0) is 32.4 Å². The predicted molar refractivity (Wildman–Crippen MR) is 89.9 cm³/mol. The highest BCUT2D eigenvalue weighted by Crippen LogP contribution is 2.34. The second-order valence-electron chi connectivity index (χ2n) is 6.21. The molecule has 1 atom stereocenters. The van der Waals surface area contributed by atoms with Gasteiger partial charge in [-0.2, -0.15) is 0 Å². The van der Waals surface area contributed by atoms with Crippen LogP contribution in [0.4, 0.5) is 5.69 Å². The van der Waals surface area contributed by atoms with Crippen LogP contribution in [0.2, 0.25) is 0 Å². The maximum atomic E-state index is 5.97. The van der Waals surface area contributed by atoms with Crippen LogP contribution in [-0.4, -0.2) is 37.4 Å². The standard InChI is InChI=1S/C18H24N2O2/c1-5-18(3)12-20(9-10-22-18)15-11-13(2)19-17-14(15)7-6-8-16(17)21-4/h6-8,11H,5,9-10,12H2,1-4H3. The van der Waals surface area contributed by atoms with Crippen LogP contribution >= 0.6 is 0 Å². The number of anilines is 1. The van der Waals surface area contributed by atoms with Crippen molar-refractivity contribution in [1.29, 1.82) is 0 Å². The van der Waals surface area contributed by atoms with Gasteiger partial charge >= 0.3 is 0 Å². The molecule has 118 valence electrons. The van der Waals surface area contributed by atoms with Crippen LogP contribution in [0.25, 0.3) is 10.9 Å². The van der Waals surface area contributed by atoms with Crippen molar-refractivity contribution in [1.82, 2.24) is 4.98 Å². The Kier molecular flexibility index (Phi) is 3.96. The molecule has 1 fully saturated rings. The van der Waals surface area contributed by atoms with Gasteiger partial charge in [0.05, 0.1) is 19.3 Å². The molecule has 0 bridgehead atoms. The molecule has 2 heterocycles. The molecule has 0 N–H and O–H groups in total. The van der Waals surface area contributed by atoms with E-state index >= 15 is 0 Å².